The first-order valence-corrected chi connectivity index (χ1v) is 18.7. The largest absolute Gasteiger partial charge is 0.493 e. The van der Waals surface area contributed by atoms with Gasteiger partial charge in [-0.25, -0.2) is 14.4 Å². The van der Waals surface area contributed by atoms with Crippen LogP contribution in [-0.4, -0.2) is 99.0 Å². The first-order chi connectivity index (χ1) is 27.7. The zero-order valence-electron chi connectivity index (χ0n) is 33.6. The smallest absolute Gasteiger partial charge is 0.338 e. The summed E-state index contributed by atoms with van der Waals surface area (Å²) < 4.78 is 54.4. The van der Waals surface area contributed by atoms with Crippen molar-refractivity contribution in [1.82, 2.24) is 4.90 Å². The summed E-state index contributed by atoms with van der Waals surface area (Å²) >= 11 is 0. The zero-order valence-corrected chi connectivity index (χ0v) is 33.6. The van der Waals surface area contributed by atoms with E-state index in [0.29, 0.717) is 70.0 Å². The summed E-state index contributed by atoms with van der Waals surface area (Å²) in [6, 6.07) is 15.2. The van der Waals surface area contributed by atoms with Crippen LogP contribution in [-0.2, 0) is 14.3 Å². The predicted octanol–water partition coefficient (Wildman–Crippen LogP) is 6.98. The zero-order chi connectivity index (χ0) is 41.0. The molecule has 1 aromatic heterocycles. The first-order valence-electron chi connectivity index (χ1n) is 18.7. The van der Waals surface area contributed by atoms with E-state index in [1.807, 2.05) is 12.1 Å². The van der Waals surface area contributed by atoms with Crippen LogP contribution in [0.25, 0.3) is 17.0 Å². The predicted molar refractivity (Wildman–Crippen MR) is 215 cm³/mol. The van der Waals surface area contributed by atoms with Gasteiger partial charge in [-0.1, -0.05) is 12.8 Å². The summed E-state index contributed by atoms with van der Waals surface area (Å²) in [5.41, 5.74) is 1.08. The maximum atomic E-state index is 12.7. The molecule has 0 radical (unpaired) electrons. The van der Waals surface area contributed by atoms with E-state index in [1.165, 1.54) is 54.8 Å². The molecule has 0 aliphatic rings. The highest BCUT2D eigenvalue weighted by Crippen LogP contribution is 2.39. The first kappa shape index (κ1) is 43.8. The van der Waals surface area contributed by atoms with Crippen molar-refractivity contribution in [3.63, 3.8) is 0 Å². The Hall–Kier alpha value is -5.89. The van der Waals surface area contributed by atoms with Crippen LogP contribution in [0.2, 0.25) is 0 Å². The van der Waals surface area contributed by atoms with Gasteiger partial charge in [-0.3, -0.25) is 0 Å². The molecule has 0 aliphatic carbocycles. The fourth-order valence-electron chi connectivity index (χ4n) is 6.05. The van der Waals surface area contributed by atoms with Gasteiger partial charge in [-0.2, -0.15) is 0 Å². The molecule has 0 aliphatic heterocycles. The minimum absolute atomic E-state index is 0.255. The fraction of sp³-hybridized carbons (Fsp3) is 0.419. The Bertz CT molecular complexity index is 1940. The number of carbonyl (C=O) groups is 2. The maximum absolute atomic E-state index is 12.7. The number of benzene rings is 3. The van der Waals surface area contributed by atoms with Crippen LogP contribution in [0.4, 0.5) is 0 Å². The molecule has 57 heavy (non-hydrogen) atoms. The Morgan fingerprint density at radius 2 is 1.18 bits per heavy atom. The third-order valence-electron chi connectivity index (χ3n) is 8.95. The molecule has 308 valence electrons. The molecular weight excluding hydrogens is 738 g/mol. The Morgan fingerprint density at radius 1 is 0.614 bits per heavy atom. The van der Waals surface area contributed by atoms with Gasteiger partial charge in [-0.15, -0.1) is 0 Å². The third kappa shape index (κ3) is 13.4. The molecule has 1 heterocycles. The summed E-state index contributed by atoms with van der Waals surface area (Å²) in [5.74, 6) is 2.30. The maximum Gasteiger partial charge on any atom is 0.338 e. The van der Waals surface area contributed by atoms with Crippen LogP contribution < -0.4 is 38.8 Å². The number of fused-ring (bicyclic) bond motifs is 1. The molecule has 0 fully saturated rings. The topological polar surface area (TPSA) is 151 Å². The lowest BCUT2D eigenvalue weighted by atomic mass is 10.1. The van der Waals surface area contributed by atoms with Crippen LogP contribution in [0.5, 0.6) is 40.2 Å². The quantitative estimate of drug-likeness (QED) is 0.0294. The van der Waals surface area contributed by atoms with Gasteiger partial charge in [0.25, 0.3) is 0 Å². The molecule has 0 N–H and O–H groups in total. The van der Waals surface area contributed by atoms with E-state index in [0.717, 1.165) is 57.1 Å². The van der Waals surface area contributed by atoms with Crippen LogP contribution in [0.1, 0.15) is 54.4 Å². The summed E-state index contributed by atoms with van der Waals surface area (Å²) in [7, 11) is 9.08. The molecule has 0 amide bonds. The number of hydrogen-bond donors (Lipinski definition) is 0. The lowest BCUT2D eigenvalue weighted by molar-refractivity contribution is -0.137. The van der Waals surface area contributed by atoms with Crippen molar-refractivity contribution in [2.24, 2.45) is 0 Å². The molecule has 14 heteroatoms. The van der Waals surface area contributed by atoms with Crippen molar-refractivity contribution < 1.29 is 56.6 Å². The van der Waals surface area contributed by atoms with Gasteiger partial charge in [0.15, 0.2) is 23.0 Å². The molecule has 14 nitrogen and oxygen atoms in total. The van der Waals surface area contributed by atoms with Crippen molar-refractivity contribution >= 4 is 29.0 Å². The van der Waals surface area contributed by atoms with E-state index >= 15 is 0 Å². The molecule has 4 aromatic rings. The molecule has 0 atom stereocenters. The molecule has 0 spiro atoms. The monoisotopic (exact) mass is 791 g/mol. The Kier molecular flexibility index (Phi) is 17.9. The van der Waals surface area contributed by atoms with E-state index in [4.69, 9.17) is 47.0 Å². The van der Waals surface area contributed by atoms with Crippen LogP contribution in [0.15, 0.2) is 69.9 Å². The Balaban J connectivity index is 1.23. The number of nitrogens with zero attached hydrogens (tertiary/aromatic N) is 1. The molecule has 4 rings (SSSR count). The van der Waals surface area contributed by atoms with Crippen molar-refractivity contribution in [3.05, 3.63) is 82.2 Å². The van der Waals surface area contributed by atoms with Gasteiger partial charge in [0.2, 0.25) is 11.5 Å². The van der Waals surface area contributed by atoms with E-state index in [-0.39, 0.29) is 13.2 Å². The Labute approximate surface area is 333 Å². The van der Waals surface area contributed by atoms with Crippen molar-refractivity contribution in [3.8, 4) is 40.2 Å². The highest BCUT2D eigenvalue weighted by Gasteiger charge is 2.18. The number of methoxy groups -OCH3 is 6. The lowest BCUT2D eigenvalue weighted by Gasteiger charge is -2.22. The average molecular weight is 792 g/mol. The average Bonchev–Trinajstić information content (AvgIpc) is 3.23. The SMILES string of the molecule is COc1cc(/C=C/C(=O)OCCCN(CCCCCCOC(=O)c2cc(OC)c(OC)c(OC)c2)CCCOc2ccc3ccc(=O)oc3c2)cc(OC)c1OC. The van der Waals surface area contributed by atoms with E-state index in [1.54, 1.807) is 42.5 Å². The van der Waals surface area contributed by atoms with E-state index in [2.05, 4.69) is 4.90 Å². The van der Waals surface area contributed by atoms with Crippen LogP contribution >= 0.6 is 0 Å². The van der Waals surface area contributed by atoms with Gasteiger partial charge < -0.3 is 51.9 Å². The standard InChI is InChI=1S/C43H53NO13/c1-48-35-25-30(26-36(49-2)41(35)52-5)13-17-39(45)55-24-12-21-44(20-11-23-54-33-16-14-31-15-18-40(46)57-34(31)29-33)19-9-7-8-10-22-56-43(47)32-27-37(50-3)42(53-6)38(28-32)51-4/h13-18,25-29H,7-12,19-24H2,1-6H3/b17-13+. The molecule has 0 saturated heterocycles. The number of unbranched alkanes of at least 4 members (excludes halogenated alkanes) is 3. The minimum Gasteiger partial charge on any atom is -0.493 e. The Morgan fingerprint density at radius 3 is 1.81 bits per heavy atom. The number of esters is 2. The second-order valence-electron chi connectivity index (χ2n) is 12.8. The molecule has 0 unspecified atom stereocenters. The van der Waals surface area contributed by atoms with Crippen LogP contribution in [0, 0.1) is 0 Å². The van der Waals surface area contributed by atoms with Gasteiger partial charge in [0.05, 0.1) is 68.0 Å². The number of hydrogen-bond acceptors (Lipinski definition) is 14. The molecule has 3 aromatic carbocycles. The molecule has 0 saturated carbocycles. The highest BCUT2D eigenvalue weighted by atomic mass is 16.5. The second kappa shape index (κ2) is 23.2. The summed E-state index contributed by atoms with van der Waals surface area (Å²) in [4.78, 5) is 39.2. The minimum atomic E-state index is -0.465. The van der Waals surface area contributed by atoms with Crippen molar-refractivity contribution in [2.45, 2.75) is 38.5 Å². The molecule has 0 bridgehead atoms. The van der Waals surface area contributed by atoms with E-state index < -0.39 is 17.6 Å². The van der Waals surface area contributed by atoms with Crippen LogP contribution in [0.3, 0.4) is 0 Å². The summed E-state index contributed by atoms with van der Waals surface area (Å²) in [6.45, 7) is 3.33. The third-order valence-corrected chi connectivity index (χ3v) is 8.95. The van der Waals surface area contributed by atoms with Gasteiger partial charge in [0, 0.05) is 36.7 Å². The summed E-state index contributed by atoms with van der Waals surface area (Å²) in [6.07, 6.45) is 7.88. The number of ether oxygens (including phenoxy) is 9. The highest BCUT2D eigenvalue weighted by molar-refractivity contribution is 5.91. The van der Waals surface area contributed by atoms with Crippen molar-refractivity contribution in [1.29, 1.82) is 0 Å². The van der Waals surface area contributed by atoms with E-state index in [9.17, 15) is 14.4 Å². The van der Waals surface area contributed by atoms with Gasteiger partial charge in [0.1, 0.15) is 11.3 Å². The normalized spacial score (nSPS) is 11.1. The summed E-state index contributed by atoms with van der Waals surface area (Å²) in [5, 5.41) is 0.822. The molecular formula is C43H53NO13. The van der Waals surface area contributed by atoms with Crippen molar-refractivity contribution in [2.75, 3.05) is 82.1 Å². The second-order valence-corrected chi connectivity index (χ2v) is 12.8. The van der Waals surface area contributed by atoms with Gasteiger partial charge in [-0.05, 0) is 86.3 Å². The fourth-order valence-corrected chi connectivity index (χ4v) is 6.05. The number of rotatable bonds is 25. The lowest BCUT2D eigenvalue weighted by Crippen LogP contribution is -2.29. The van der Waals surface area contributed by atoms with Gasteiger partial charge >= 0.3 is 17.6 Å². The number of carbonyl (C=O) groups excluding carboxylic acids is 2.